The molecule has 1 aliphatic rings. The molecule has 0 bridgehead atoms. The van der Waals surface area contributed by atoms with Gasteiger partial charge in [0.1, 0.15) is 6.54 Å². The maximum atomic E-state index is 10.4. The third kappa shape index (κ3) is 9.37. The molecule has 1 aliphatic carbocycles. The Morgan fingerprint density at radius 2 is 1.89 bits per heavy atom. The normalized spacial score (nSPS) is 19.0. The number of allylic oxidation sites excluding steroid dienone is 10. The number of hydrogen-bond donors (Lipinski definition) is 2. The van der Waals surface area contributed by atoms with Gasteiger partial charge in [-0.1, -0.05) is 55.4 Å². The van der Waals surface area contributed by atoms with Gasteiger partial charge in [0, 0.05) is 12.5 Å². The molecule has 0 aromatic heterocycles. The van der Waals surface area contributed by atoms with Crippen molar-refractivity contribution in [2.45, 2.75) is 66.7 Å². The summed E-state index contributed by atoms with van der Waals surface area (Å²) in [5, 5.41) is 8.58. The summed E-state index contributed by atoms with van der Waals surface area (Å²) in [7, 11) is 0. The van der Waals surface area contributed by atoms with Gasteiger partial charge < -0.3 is 5.11 Å². The maximum absolute atomic E-state index is 10.4. The lowest BCUT2D eigenvalue weighted by Gasteiger charge is -2.32. The molecule has 1 rings (SSSR count). The van der Waals surface area contributed by atoms with E-state index in [0.29, 0.717) is 13.0 Å². The number of nitrogens with one attached hydrogen (secondary N) is 1. The molecule has 0 amide bonds. The lowest BCUT2D eigenvalue weighted by Crippen LogP contribution is -2.68. The van der Waals surface area contributed by atoms with Crippen LogP contribution in [0.1, 0.15) is 66.7 Å². The van der Waals surface area contributed by atoms with E-state index in [0.717, 1.165) is 5.57 Å². The molecule has 0 spiro atoms. The summed E-state index contributed by atoms with van der Waals surface area (Å²) >= 11 is 0. The first-order valence-corrected chi connectivity index (χ1v) is 9.91. The number of hydrogen-bond acceptors (Lipinski definition) is 1. The van der Waals surface area contributed by atoms with Crippen molar-refractivity contribution >= 4 is 12.2 Å². The van der Waals surface area contributed by atoms with E-state index in [9.17, 15) is 4.79 Å². The highest BCUT2D eigenvalue weighted by molar-refractivity contribution is 5.67. The minimum Gasteiger partial charge on any atom is -0.481 e. The second-order valence-corrected chi connectivity index (χ2v) is 8.06. The van der Waals surface area contributed by atoms with Gasteiger partial charge >= 0.3 is 5.97 Å². The summed E-state index contributed by atoms with van der Waals surface area (Å²) in [5.74, 6) is -0.749. The van der Waals surface area contributed by atoms with Crippen LogP contribution in [0, 0.1) is 5.41 Å². The van der Waals surface area contributed by atoms with Gasteiger partial charge in [0.15, 0.2) is 6.21 Å². The molecule has 0 unspecified atom stereocenters. The highest BCUT2D eigenvalue weighted by Gasteiger charge is 2.26. The first kappa shape index (κ1) is 22.9. The molecule has 0 saturated heterocycles. The van der Waals surface area contributed by atoms with Crippen molar-refractivity contribution in [3.05, 3.63) is 58.7 Å². The lowest BCUT2D eigenvalue weighted by molar-refractivity contribution is -0.451. The van der Waals surface area contributed by atoms with Crippen LogP contribution in [0.5, 0.6) is 0 Å². The van der Waals surface area contributed by atoms with Gasteiger partial charge in [-0.25, -0.2) is 4.99 Å². The lowest BCUT2D eigenvalue weighted by atomic mass is 9.72. The summed E-state index contributed by atoms with van der Waals surface area (Å²) in [6.45, 7) is 11.8. The zero-order chi connectivity index (χ0) is 20.3. The van der Waals surface area contributed by atoms with Crippen molar-refractivity contribution < 1.29 is 14.9 Å². The van der Waals surface area contributed by atoms with Crippen molar-refractivity contribution in [2.75, 3.05) is 6.54 Å². The van der Waals surface area contributed by atoms with Gasteiger partial charge in [0.2, 0.25) is 0 Å². The van der Waals surface area contributed by atoms with Crippen molar-refractivity contribution in [3.63, 3.8) is 0 Å². The van der Waals surface area contributed by atoms with Crippen molar-refractivity contribution in [3.8, 4) is 0 Å². The predicted molar refractivity (Wildman–Crippen MR) is 115 cm³/mol. The minimum absolute atomic E-state index is 0.203. The summed E-state index contributed by atoms with van der Waals surface area (Å²) in [5.41, 5.74) is 5.67. The average Bonchev–Trinajstić information content (AvgIpc) is 2.56. The quantitative estimate of drug-likeness (QED) is 0.356. The molecule has 2 N–H and O–H groups in total. The van der Waals surface area contributed by atoms with E-state index in [1.165, 1.54) is 36.0 Å². The van der Waals surface area contributed by atoms with Gasteiger partial charge in [0.25, 0.3) is 0 Å². The Morgan fingerprint density at radius 3 is 2.56 bits per heavy atom. The molecule has 0 radical (unpaired) electrons. The van der Waals surface area contributed by atoms with Crippen molar-refractivity contribution in [1.82, 2.24) is 0 Å². The fourth-order valence-electron chi connectivity index (χ4n) is 3.30. The first-order chi connectivity index (χ1) is 12.7. The van der Waals surface area contributed by atoms with Crippen LogP contribution < -0.4 is 4.99 Å². The van der Waals surface area contributed by atoms with Crippen LogP contribution >= 0.6 is 0 Å². The molecule has 148 valence electrons. The van der Waals surface area contributed by atoms with E-state index in [1.54, 1.807) is 0 Å². The van der Waals surface area contributed by atoms with Gasteiger partial charge in [-0.2, -0.15) is 0 Å². The van der Waals surface area contributed by atoms with Crippen molar-refractivity contribution in [2.24, 2.45) is 5.41 Å². The number of carboxylic acids is 1. The molecule has 27 heavy (non-hydrogen) atoms. The van der Waals surface area contributed by atoms with Crippen LogP contribution in [0.2, 0.25) is 0 Å². The summed E-state index contributed by atoms with van der Waals surface area (Å²) in [6.07, 6.45) is 19.3. The van der Waals surface area contributed by atoms with Gasteiger partial charge in [-0.3, -0.25) is 4.79 Å². The number of rotatable bonds is 9. The summed E-state index contributed by atoms with van der Waals surface area (Å²) in [6, 6.07) is 0. The highest BCUT2D eigenvalue weighted by Crippen LogP contribution is 2.40. The molecule has 0 aliphatic heterocycles. The van der Waals surface area contributed by atoms with Crippen molar-refractivity contribution in [1.29, 1.82) is 0 Å². The van der Waals surface area contributed by atoms with Crippen LogP contribution in [-0.2, 0) is 4.79 Å². The molecule has 0 heterocycles. The third-order valence-corrected chi connectivity index (χ3v) is 4.95. The van der Waals surface area contributed by atoms with Gasteiger partial charge in [0.05, 0.1) is 6.42 Å². The fourth-order valence-corrected chi connectivity index (χ4v) is 3.30. The van der Waals surface area contributed by atoms with Crippen LogP contribution in [0.15, 0.2) is 58.7 Å². The number of aliphatic carboxylic acids is 1. The molecule has 3 heteroatoms. The Kier molecular flexibility index (Phi) is 9.77. The Balaban J connectivity index is 2.56. The van der Waals surface area contributed by atoms with Crippen LogP contribution in [-0.4, -0.2) is 23.8 Å². The van der Waals surface area contributed by atoms with E-state index in [-0.39, 0.29) is 11.8 Å². The number of carboxylic acid groups (broad SMARTS) is 1. The maximum Gasteiger partial charge on any atom is 0.303 e. The number of carbonyl (C=O) groups is 1. The van der Waals surface area contributed by atoms with Gasteiger partial charge in [-0.15, -0.1) is 0 Å². The Hall–Kier alpha value is -2.16. The minimum atomic E-state index is -0.749. The van der Waals surface area contributed by atoms with E-state index in [2.05, 4.69) is 63.1 Å². The SMILES string of the molecule is CC1=C(/C=C/C(C)=C/C=C/C(C)=C/C=[NH+]CCCC(=O)O)C(C)(C)CCC1. The second-order valence-electron chi connectivity index (χ2n) is 8.06. The molecule has 0 aromatic carbocycles. The zero-order valence-corrected chi connectivity index (χ0v) is 17.6. The summed E-state index contributed by atoms with van der Waals surface area (Å²) < 4.78 is 0. The third-order valence-electron chi connectivity index (χ3n) is 4.95. The topological polar surface area (TPSA) is 51.3 Å². The molecular weight excluding hydrogens is 334 g/mol. The summed E-state index contributed by atoms with van der Waals surface area (Å²) in [4.78, 5) is 13.5. The molecule has 0 saturated carbocycles. The van der Waals surface area contributed by atoms with Crippen LogP contribution in [0.25, 0.3) is 0 Å². The standard InChI is InChI=1S/C24H35NO2/c1-19(13-14-22-21(3)11-7-16-24(22,4)5)9-6-10-20(2)15-18-25-17-8-12-23(26)27/h6,9-10,13-15,18H,7-8,11-12,16-17H2,1-5H3,(H,26,27)/p+1/b10-6+,14-13+,19-9+,20-15+,25-18?. The Labute approximate surface area is 165 Å². The molecule has 0 aromatic rings. The second kappa shape index (κ2) is 11.5. The molecule has 0 fully saturated rings. The molecule has 3 nitrogen and oxygen atoms in total. The van der Waals surface area contributed by atoms with Crippen LogP contribution in [0.3, 0.4) is 0 Å². The Morgan fingerprint density at radius 1 is 1.19 bits per heavy atom. The fraction of sp³-hybridized carbons (Fsp3) is 0.500. The zero-order valence-electron chi connectivity index (χ0n) is 17.6. The van der Waals surface area contributed by atoms with E-state index < -0.39 is 5.97 Å². The van der Waals surface area contributed by atoms with Gasteiger partial charge in [-0.05, 0) is 56.6 Å². The van der Waals surface area contributed by atoms with Crippen LogP contribution in [0.4, 0.5) is 0 Å². The first-order valence-electron chi connectivity index (χ1n) is 9.91. The average molecular weight is 371 g/mol. The monoisotopic (exact) mass is 370 g/mol. The molecular formula is C24H36NO2+. The van der Waals surface area contributed by atoms with E-state index in [1.807, 2.05) is 19.2 Å². The highest BCUT2D eigenvalue weighted by atomic mass is 16.4. The Bertz CT molecular complexity index is 685. The smallest absolute Gasteiger partial charge is 0.303 e. The predicted octanol–water partition coefficient (Wildman–Crippen LogP) is 4.53. The van der Waals surface area contributed by atoms with E-state index >= 15 is 0 Å². The largest absolute Gasteiger partial charge is 0.481 e. The molecule has 0 atom stereocenters. The van der Waals surface area contributed by atoms with E-state index in [4.69, 9.17) is 5.11 Å².